The van der Waals surface area contributed by atoms with E-state index >= 15 is 0 Å². The summed E-state index contributed by atoms with van der Waals surface area (Å²) in [7, 11) is 1.95. The second-order valence-corrected chi connectivity index (χ2v) is 5.68. The van der Waals surface area contributed by atoms with E-state index in [1.54, 1.807) is 0 Å². The molecule has 22 heavy (non-hydrogen) atoms. The summed E-state index contributed by atoms with van der Waals surface area (Å²) in [5.41, 5.74) is 3.95. The van der Waals surface area contributed by atoms with E-state index in [9.17, 15) is 0 Å². The zero-order valence-corrected chi connectivity index (χ0v) is 13.0. The van der Waals surface area contributed by atoms with Gasteiger partial charge in [0, 0.05) is 28.8 Å². The number of aryl methyl sites for hydroxylation is 2. The van der Waals surface area contributed by atoms with E-state index in [1.807, 2.05) is 42.9 Å². The molecule has 108 valence electrons. The van der Waals surface area contributed by atoms with Gasteiger partial charge in [-0.2, -0.15) is 5.10 Å². The summed E-state index contributed by atoms with van der Waals surface area (Å²) in [5.74, 6) is 0. The Bertz CT molecular complexity index is 1020. The highest BCUT2D eigenvalue weighted by Gasteiger charge is 2.12. The quantitative estimate of drug-likeness (QED) is 0.530. The third-order valence-corrected chi connectivity index (χ3v) is 4.23. The minimum absolute atomic E-state index is 0.428. The van der Waals surface area contributed by atoms with Gasteiger partial charge in [0.15, 0.2) is 5.15 Å². The molecule has 4 aromatic rings. The summed E-state index contributed by atoms with van der Waals surface area (Å²) in [6, 6.07) is 14.1. The van der Waals surface area contributed by atoms with Gasteiger partial charge in [0.25, 0.3) is 0 Å². The third-order valence-electron chi connectivity index (χ3n) is 3.95. The van der Waals surface area contributed by atoms with Crippen molar-refractivity contribution in [2.75, 3.05) is 0 Å². The summed E-state index contributed by atoms with van der Waals surface area (Å²) in [6.45, 7) is 2.01. The standard InChI is InChI=1S/C17H13ClN4/c1-10-12-8-7-11(9-15(12)22(2)21-10)16-13-5-3-4-6-14(13)17(18)20-19-16/h3-9H,1-2H3. The molecule has 0 spiro atoms. The van der Waals surface area contributed by atoms with Crippen molar-refractivity contribution in [2.24, 2.45) is 7.05 Å². The van der Waals surface area contributed by atoms with Gasteiger partial charge in [-0.15, -0.1) is 10.2 Å². The highest BCUT2D eigenvalue weighted by atomic mass is 35.5. The van der Waals surface area contributed by atoms with Crippen LogP contribution in [0.2, 0.25) is 5.15 Å². The van der Waals surface area contributed by atoms with Crippen LogP contribution < -0.4 is 0 Å². The van der Waals surface area contributed by atoms with Crippen LogP contribution in [-0.4, -0.2) is 20.0 Å². The number of fused-ring (bicyclic) bond motifs is 2. The minimum atomic E-state index is 0.428. The highest BCUT2D eigenvalue weighted by Crippen LogP contribution is 2.31. The molecular weight excluding hydrogens is 296 g/mol. The fourth-order valence-electron chi connectivity index (χ4n) is 2.87. The molecule has 0 bridgehead atoms. The van der Waals surface area contributed by atoms with Gasteiger partial charge < -0.3 is 0 Å². The second kappa shape index (κ2) is 4.78. The number of benzene rings is 2. The number of hydrogen-bond donors (Lipinski definition) is 0. The van der Waals surface area contributed by atoms with Gasteiger partial charge in [0.05, 0.1) is 11.2 Å². The predicted molar refractivity (Wildman–Crippen MR) is 89.0 cm³/mol. The highest BCUT2D eigenvalue weighted by molar-refractivity contribution is 6.34. The van der Waals surface area contributed by atoms with E-state index in [1.165, 1.54) is 0 Å². The summed E-state index contributed by atoms with van der Waals surface area (Å²) in [6.07, 6.45) is 0. The maximum absolute atomic E-state index is 6.15. The van der Waals surface area contributed by atoms with Crippen molar-refractivity contribution in [3.05, 3.63) is 53.3 Å². The number of rotatable bonds is 1. The Morgan fingerprint density at radius 2 is 1.73 bits per heavy atom. The SMILES string of the molecule is Cc1nn(C)c2cc(-c3nnc(Cl)c4ccccc34)ccc12. The second-order valence-electron chi connectivity index (χ2n) is 5.33. The molecule has 0 atom stereocenters. The molecule has 0 radical (unpaired) electrons. The average molecular weight is 309 g/mol. The van der Waals surface area contributed by atoms with E-state index < -0.39 is 0 Å². The minimum Gasteiger partial charge on any atom is -0.268 e. The lowest BCUT2D eigenvalue weighted by molar-refractivity contribution is 0.783. The van der Waals surface area contributed by atoms with E-state index in [0.29, 0.717) is 5.15 Å². The Morgan fingerprint density at radius 3 is 2.55 bits per heavy atom. The molecule has 2 heterocycles. The van der Waals surface area contributed by atoms with Gasteiger partial charge >= 0.3 is 0 Å². The molecule has 0 aliphatic rings. The summed E-state index contributed by atoms with van der Waals surface area (Å²) < 4.78 is 1.89. The van der Waals surface area contributed by atoms with Gasteiger partial charge in [-0.05, 0) is 13.0 Å². The van der Waals surface area contributed by atoms with Gasteiger partial charge in [-0.1, -0.05) is 48.0 Å². The first-order valence-corrected chi connectivity index (χ1v) is 7.37. The molecule has 0 N–H and O–H groups in total. The van der Waals surface area contributed by atoms with Crippen molar-refractivity contribution in [2.45, 2.75) is 6.92 Å². The van der Waals surface area contributed by atoms with Crippen molar-refractivity contribution >= 4 is 33.3 Å². The Kier molecular flexibility index (Phi) is 2.87. The van der Waals surface area contributed by atoms with E-state index in [0.717, 1.165) is 38.6 Å². The van der Waals surface area contributed by atoms with E-state index in [2.05, 4.69) is 33.5 Å². The Morgan fingerprint density at radius 1 is 0.955 bits per heavy atom. The topological polar surface area (TPSA) is 43.6 Å². The fourth-order valence-corrected chi connectivity index (χ4v) is 3.07. The molecule has 2 aromatic carbocycles. The number of halogens is 1. The van der Waals surface area contributed by atoms with Crippen molar-refractivity contribution < 1.29 is 0 Å². The first kappa shape index (κ1) is 13.2. The zero-order chi connectivity index (χ0) is 15.3. The van der Waals surface area contributed by atoms with Crippen LogP contribution in [0.5, 0.6) is 0 Å². The van der Waals surface area contributed by atoms with Crippen LogP contribution in [0, 0.1) is 6.92 Å². The molecule has 4 nitrogen and oxygen atoms in total. The smallest absolute Gasteiger partial charge is 0.159 e. The number of hydrogen-bond acceptors (Lipinski definition) is 3. The number of aromatic nitrogens is 4. The zero-order valence-electron chi connectivity index (χ0n) is 12.2. The van der Waals surface area contributed by atoms with Crippen LogP contribution in [0.25, 0.3) is 32.9 Å². The Labute approximate surface area is 132 Å². The molecule has 2 aromatic heterocycles. The first-order chi connectivity index (χ1) is 10.6. The molecule has 0 fully saturated rings. The predicted octanol–water partition coefficient (Wildman–Crippen LogP) is 4.15. The third kappa shape index (κ3) is 1.88. The van der Waals surface area contributed by atoms with Crippen molar-refractivity contribution in [3.8, 4) is 11.3 Å². The molecule has 5 heteroatoms. The lowest BCUT2D eigenvalue weighted by Gasteiger charge is -2.06. The number of nitrogens with zero attached hydrogens (tertiary/aromatic N) is 4. The molecule has 0 amide bonds. The van der Waals surface area contributed by atoms with Crippen LogP contribution in [0.4, 0.5) is 0 Å². The van der Waals surface area contributed by atoms with Crippen LogP contribution in [0.15, 0.2) is 42.5 Å². The largest absolute Gasteiger partial charge is 0.268 e. The van der Waals surface area contributed by atoms with Crippen LogP contribution in [0.1, 0.15) is 5.69 Å². The maximum atomic E-state index is 6.15. The summed E-state index contributed by atoms with van der Waals surface area (Å²) >= 11 is 6.15. The monoisotopic (exact) mass is 308 g/mol. The van der Waals surface area contributed by atoms with Gasteiger partial charge in [-0.25, -0.2) is 0 Å². The molecular formula is C17H13ClN4. The van der Waals surface area contributed by atoms with Gasteiger partial charge in [0.1, 0.15) is 5.69 Å². The molecule has 0 unspecified atom stereocenters. The van der Waals surface area contributed by atoms with Crippen molar-refractivity contribution in [1.29, 1.82) is 0 Å². The molecule has 4 rings (SSSR count). The maximum Gasteiger partial charge on any atom is 0.159 e. The van der Waals surface area contributed by atoms with E-state index in [4.69, 9.17) is 11.6 Å². The molecule has 0 aliphatic carbocycles. The van der Waals surface area contributed by atoms with Crippen LogP contribution >= 0.6 is 11.6 Å². The molecule has 0 saturated heterocycles. The lowest BCUT2D eigenvalue weighted by atomic mass is 10.0. The van der Waals surface area contributed by atoms with Crippen LogP contribution in [-0.2, 0) is 7.05 Å². The fraction of sp³-hybridized carbons (Fsp3) is 0.118. The van der Waals surface area contributed by atoms with Crippen LogP contribution in [0.3, 0.4) is 0 Å². The Balaban J connectivity index is 2.03. The van der Waals surface area contributed by atoms with Gasteiger partial charge in [0.2, 0.25) is 0 Å². The summed E-state index contributed by atoms with van der Waals surface area (Å²) in [5, 5.41) is 16.3. The summed E-state index contributed by atoms with van der Waals surface area (Å²) in [4.78, 5) is 0. The first-order valence-electron chi connectivity index (χ1n) is 7.00. The molecule has 0 aliphatic heterocycles. The van der Waals surface area contributed by atoms with E-state index in [-0.39, 0.29) is 0 Å². The van der Waals surface area contributed by atoms with Crippen molar-refractivity contribution in [3.63, 3.8) is 0 Å². The molecule has 0 saturated carbocycles. The van der Waals surface area contributed by atoms with Crippen molar-refractivity contribution in [1.82, 2.24) is 20.0 Å². The Hall–Kier alpha value is -2.46. The lowest BCUT2D eigenvalue weighted by Crippen LogP contribution is -1.93. The van der Waals surface area contributed by atoms with Gasteiger partial charge in [-0.3, -0.25) is 4.68 Å². The average Bonchev–Trinajstić information content (AvgIpc) is 2.82. The normalized spacial score (nSPS) is 11.4.